The maximum atomic E-state index is 14.7. The molecule has 8 nitrogen and oxygen atoms in total. The molecular formula is C21H23F2N5O3S. The van der Waals surface area contributed by atoms with E-state index in [2.05, 4.69) is 15.3 Å². The van der Waals surface area contributed by atoms with Crippen molar-refractivity contribution in [1.29, 1.82) is 0 Å². The summed E-state index contributed by atoms with van der Waals surface area (Å²) in [6.45, 7) is 4.32. The van der Waals surface area contributed by atoms with Gasteiger partial charge in [-0.05, 0) is 38.1 Å². The lowest BCUT2D eigenvalue weighted by Gasteiger charge is -2.40. The van der Waals surface area contributed by atoms with E-state index in [1.165, 1.54) is 42.7 Å². The maximum absolute atomic E-state index is 14.7. The first kappa shape index (κ1) is 22.3. The highest BCUT2D eigenvalue weighted by molar-refractivity contribution is 7.22. The molecule has 1 aliphatic rings. The quantitative estimate of drug-likeness (QED) is 0.550. The Labute approximate surface area is 187 Å². The Hall–Kier alpha value is -2.89. The summed E-state index contributed by atoms with van der Waals surface area (Å²) in [4.78, 5) is 24.5. The second-order valence-electron chi connectivity index (χ2n) is 7.81. The number of amides is 2. The minimum Gasteiger partial charge on any atom is -0.390 e. The topological polar surface area (TPSA) is 102 Å². The number of carbonyl (C=O) groups is 1. The fourth-order valence-corrected chi connectivity index (χ4v) is 4.56. The zero-order valence-corrected chi connectivity index (χ0v) is 18.3. The average molecular weight is 464 g/mol. The zero-order chi connectivity index (χ0) is 23.0. The molecular weight excluding hydrogens is 440 g/mol. The van der Waals surface area contributed by atoms with Crippen molar-refractivity contribution < 1.29 is 23.8 Å². The first-order valence-electron chi connectivity index (χ1n) is 10.1. The number of aliphatic hydroxyl groups is 2. The van der Waals surface area contributed by atoms with Crippen LogP contribution in [-0.2, 0) is 0 Å². The summed E-state index contributed by atoms with van der Waals surface area (Å²) in [6, 6.07) is 4.87. The summed E-state index contributed by atoms with van der Waals surface area (Å²) >= 11 is 1.19. The SMILES string of the molecule is CC1CN(C(=O)Nc2nc3ccc(F)cc3s2)CCN1c1ncc([C@H](O)[C@H](C)O)cc1F. The van der Waals surface area contributed by atoms with Crippen LogP contribution in [0.25, 0.3) is 10.2 Å². The van der Waals surface area contributed by atoms with Gasteiger partial charge < -0.3 is 20.0 Å². The van der Waals surface area contributed by atoms with Crippen LogP contribution in [0.1, 0.15) is 25.5 Å². The first-order chi connectivity index (χ1) is 15.2. The van der Waals surface area contributed by atoms with Gasteiger partial charge in [-0.3, -0.25) is 5.32 Å². The number of urea groups is 1. The second kappa shape index (κ2) is 8.93. The van der Waals surface area contributed by atoms with Gasteiger partial charge in [-0.1, -0.05) is 11.3 Å². The lowest BCUT2D eigenvalue weighted by Crippen LogP contribution is -2.55. The number of piperazine rings is 1. The number of fused-ring (bicyclic) bond motifs is 1. The van der Waals surface area contributed by atoms with Gasteiger partial charge in [-0.25, -0.2) is 23.5 Å². The van der Waals surface area contributed by atoms with Gasteiger partial charge >= 0.3 is 6.03 Å². The van der Waals surface area contributed by atoms with Crippen molar-refractivity contribution >= 4 is 38.5 Å². The van der Waals surface area contributed by atoms with Crippen LogP contribution in [0.3, 0.4) is 0 Å². The summed E-state index contributed by atoms with van der Waals surface area (Å²) in [5, 5.41) is 22.5. The standard InChI is InChI=1S/C21H23F2N5O3S/c1-11-10-27(21(31)26-20-25-16-4-3-14(22)8-17(16)32-20)5-6-28(11)19-15(23)7-13(9-24-19)18(30)12(2)29/h3-4,7-9,11-12,18,29-30H,5-6,10H2,1-2H3,(H,25,26,31)/t11?,12-,18+/m0/s1. The molecule has 3 atom stereocenters. The van der Waals surface area contributed by atoms with E-state index in [1.54, 1.807) is 15.9 Å². The summed E-state index contributed by atoms with van der Waals surface area (Å²) in [5.74, 6) is -0.834. The summed E-state index contributed by atoms with van der Waals surface area (Å²) in [6.07, 6.45) is -0.919. The fraction of sp³-hybridized carbons (Fsp3) is 0.381. The highest BCUT2D eigenvalue weighted by Gasteiger charge is 2.30. The number of anilines is 2. The van der Waals surface area contributed by atoms with Gasteiger partial charge in [-0.2, -0.15) is 0 Å². The van der Waals surface area contributed by atoms with Gasteiger partial charge in [0.2, 0.25) is 0 Å². The van der Waals surface area contributed by atoms with Crippen molar-refractivity contribution in [3.05, 3.63) is 47.7 Å². The second-order valence-corrected chi connectivity index (χ2v) is 8.84. The number of hydrogen-bond donors (Lipinski definition) is 3. The van der Waals surface area contributed by atoms with Gasteiger partial charge in [0.05, 0.1) is 16.3 Å². The third-order valence-electron chi connectivity index (χ3n) is 5.39. The van der Waals surface area contributed by atoms with Crippen LogP contribution >= 0.6 is 11.3 Å². The van der Waals surface area contributed by atoms with Crippen LogP contribution in [0.2, 0.25) is 0 Å². The molecule has 170 valence electrons. The van der Waals surface area contributed by atoms with Gasteiger partial charge in [0, 0.05) is 37.4 Å². The number of nitrogens with zero attached hydrogens (tertiary/aromatic N) is 4. The number of halogens is 2. The first-order valence-corrected chi connectivity index (χ1v) is 10.9. The lowest BCUT2D eigenvalue weighted by molar-refractivity contribution is 0.0301. The van der Waals surface area contributed by atoms with Gasteiger partial charge in [-0.15, -0.1) is 0 Å². The molecule has 2 amide bonds. The Morgan fingerprint density at radius 3 is 2.75 bits per heavy atom. The lowest BCUT2D eigenvalue weighted by atomic mass is 10.1. The molecule has 32 heavy (non-hydrogen) atoms. The smallest absolute Gasteiger partial charge is 0.323 e. The predicted octanol–water partition coefficient (Wildman–Crippen LogP) is 3.13. The molecule has 3 heterocycles. The van der Waals surface area contributed by atoms with Crippen LogP contribution in [0, 0.1) is 11.6 Å². The van der Waals surface area contributed by atoms with E-state index in [1.807, 2.05) is 6.92 Å². The van der Waals surface area contributed by atoms with E-state index in [0.717, 1.165) is 0 Å². The minimum atomic E-state index is -1.22. The van der Waals surface area contributed by atoms with Crippen molar-refractivity contribution in [2.45, 2.75) is 32.1 Å². The summed E-state index contributed by atoms with van der Waals surface area (Å²) in [7, 11) is 0. The molecule has 0 radical (unpaired) electrons. The highest BCUT2D eigenvalue weighted by atomic mass is 32.1. The number of rotatable bonds is 4. The van der Waals surface area contributed by atoms with E-state index >= 15 is 0 Å². The minimum absolute atomic E-state index is 0.132. The molecule has 1 fully saturated rings. The Morgan fingerprint density at radius 1 is 1.28 bits per heavy atom. The molecule has 0 aliphatic carbocycles. The molecule has 1 unspecified atom stereocenters. The van der Waals surface area contributed by atoms with Crippen molar-refractivity contribution in [3.63, 3.8) is 0 Å². The van der Waals surface area contributed by atoms with Crippen LogP contribution in [0.4, 0.5) is 24.5 Å². The molecule has 11 heteroatoms. The van der Waals surface area contributed by atoms with Crippen molar-refractivity contribution in [1.82, 2.24) is 14.9 Å². The number of aromatic nitrogens is 2. The molecule has 3 N–H and O–H groups in total. The number of aliphatic hydroxyl groups excluding tert-OH is 2. The molecule has 1 aliphatic heterocycles. The predicted molar refractivity (Wildman–Crippen MR) is 118 cm³/mol. The molecule has 0 saturated carbocycles. The molecule has 3 aromatic rings. The number of pyridine rings is 1. The third kappa shape index (κ3) is 4.50. The van der Waals surface area contributed by atoms with E-state index in [4.69, 9.17) is 0 Å². The van der Waals surface area contributed by atoms with E-state index < -0.39 is 18.0 Å². The number of nitrogens with one attached hydrogen (secondary N) is 1. The third-order valence-corrected chi connectivity index (χ3v) is 6.33. The van der Waals surface area contributed by atoms with Crippen LogP contribution in [0.5, 0.6) is 0 Å². The van der Waals surface area contributed by atoms with Crippen LogP contribution in [0.15, 0.2) is 30.5 Å². The monoisotopic (exact) mass is 463 g/mol. The fourth-order valence-electron chi connectivity index (χ4n) is 3.68. The number of carbonyl (C=O) groups excluding carboxylic acids is 1. The van der Waals surface area contributed by atoms with Crippen molar-refractivity contribution in [3.8, 4) is 0 Å². The Kier molecular flexibility index (Phi) is 6.22. The Morgan fingerprint density at radius 2 is 2.06 bits per heavy atom. The number of hydrogen-bond acceptors (Lipinski definition) is 7. The van der Waals surface area contributed by atoms with Crippen LogP contribution < -0.4 is 10.2 Å². The molecule has 0 bridgehead atoms. The molecule has 1 saturated heterocycles. The van der Waals surface area contributed by atoms with E-state index in [0.29, 0.717) is 35.0 Å². The highest BCUT2D eigenvalue weighted by Crippen LogP contribution is 2.28. The van der Waals surface area contributed by atoms with Crippen molar-refractivity contribution in [2.75, 3.05) is 29.9 Å². The van der Waals surface area contributed by atoms with Gasteiger partial charge in [0.15, 0.2) is 16.8 Å². The largest absolute Gasteiger partial charge is 0.390 e. The molecule has 0 spiro atoms. The summed E-state index contributed by atoms with van der Waals surface area (Å²) < 4.78 is 28.7. The number of benzene rings is 1. The van der Waals surface area contributed by atoms with E-state index in [-0.39, 0.29) is 29.3 Å². The zero-order valence-electron chi connectivity index (χ0n) is 17.5. The molecule has 2 aromatic heterocycles. The summed E-state index contributed by atoms with van der Waals surface area (Å²) in [5.41, 5.74) is 0.804. The normalized spacial score (nSPS) is 18.6. The average Bonchev–Trinajstić information content (AvgIpc) is 3.14. The van der Waals surface area contributed by atoms with Crippen molar-refractivity contribution in [2.24, 2.45) is 0 Å². The molecule has 4 rings (SSSR count). The van der Waals surface area contributed by atoms with Gasteiger partial charge in [0.1, 0.15) is 11.9 Å². The Balaban J connectivity index is 1.42. The van der Waals surface area contributed by atoms with E-state index in [9.17, 15) is 23.8 Å². The number of thiazole rings is 1. The maximum Gasteiger partial charge on any atom is 0.323 e. The molecule has 1 aromatic carbocycles. The van der Waals surface area contributed by atoms with Crippen LogP contribution in [-0.4, -0.2) is 62.9 Å². The van der Waals surface area contributed by atoms with Gasteiger partial charge in [0.25, 0.3) is 0 Å². The Bertz CT molecular complexity index is 1140.